The minimum atomic E-state index is -0.690. The van der Waals surface area contributed by atoms with Crippen molar-refractivity contribution in [2.45, 2.75) is 40.2 Å². The Hall–Kier alpha value is -2.57. The van der Waals surface area contributed by atoms with E-state index in [0.29, 0.717) is 12.3 Å². The Bertz CT molecular complexity index is 615. The molecular formula is C18H26N2O5. The van der Waals surface area contributed by atoms with Gasteiger partial charge in [0.25, 0.3) is 5.91 Å². The summed E-state index contributed by atoms with van der Waals surface area (Å²) in [5.41, 5.74) is 2.18. The maximum Gasteiger partial charge on any atom is 0.344 e. The minimum absolute atomic E-state index is 0.278. The van der Waals surface area contributed by atoms with Crippen LogP contribution in [0.2, 0.25) is 0 Å². The van der Waals surface area contributed by atoms with Gasteiger partial charge < -0.3 is 20.1 Å². The fourth-order valence-electron chi connectivity index (χ4n) is 1.88. The van der Waals surface area contributed by atoms with Crippen LogP contribution in [0.1, 0.15) is 31.4 Å². The average Bonchev–Trinajstić information content (AvgIpc) is 2.58. The number of hydrogen-bond donors (Lipinski definition) is 2. The number of carbonyl (C=O) groups excluding carboxylic acids is 3. The zero-order valence-corrected chi connectivity index (χ0v) is 15.2. The Morgan fingerprint density at radius 3 is 2.48 bits per heavy atom. The molecule has 0 heterocycles. The molecule has 138 valence electrons. The molecule has 7 heteroatoms. The summed E-state index contributed by atoms with van der Waals surface area (Å²) in [6, 6.07) is 4.80. The molecule has 2 amide bonds. The third kappa shape index (κ3) is 7.69. The lowest BCUT2D eigenvalue weighted by molar-refractivity contribution is -0.150. The van der Waals surface area contributed by atoms with Gasteiger partial charge in [-0.1, -0.05) is 13.0 Å². The summed E-state index contributed by atoms with van der Waals surface area (Å²) in [5.74, 6) is -0.916. The van der Waals surface area contributed by atoms with Crippen LogP contribution in [0.5, 0.6) is 5.75 Å². The van der Waals surface area contributed by atoms with Crippen LogP contribution < -0.4 is 15.4 Å². The highest BCUT2D eigenvalue weighted by atomic mass is 16.6. The van der Waals surface area contributed by atoms with Crippen molar-refractivity contribution in [3.05, 3.63) is 29.3 Å². The fourth-order valence-corrected chi connectivity index (χ4v) is 1.88. The number of aryl methyl sites for hydroxylation is 2. The molecule has 0 aliphatic carbocycles. The third-order valence-electron chi connectivity index (χ3n) is 3.52. The van der Waals surface area contributed by atoms with Crippen molar-refractivity contribution in [2.75, 3.05) is 19.8 Å². The number of benzene rings is 1. The number of esters is 1. The number of hydrogen-bond acceptors (Lipinski definition) is 5. The normalized spacial score (nSPS) is 11.4. The van der Waals surface area contributed by atoms with Crippen LogP contribution in [0, 0.1) is 13.8 Å². The van der Waals surface area contributed by atoms with Gasteiger partial charge in [-0.3, -0.25) is 9.59 Å². The molecular weight excluding hydrogens is 324 g/mol. The van der Waals surface area contributed by atoms with Gasteiger partial charge in [0.05, 0.1) is 0 Å². The number of carbonyl (C=O) groups is 3. The monoisotopic (exact) mass is 350 g/mol. The summed E-state index contributed by atoms with van der Waals surface area (Å²) in [5, 5.41) is 5.13. The first kappa shape index (κ1) is 20.5. The van der Waals surface area contributed by atoms with Gasteiger partial charge in [0.15, 0.2) is 13.2 Å². The average molecular weight is 350 g/mol. The van der Waals surface area contributed by atoms with E-state index in [9.17, 15) is 14.4 Å². The third-order valence-corrected chi connectivity index (χ3v) is 3.52. The molecule has 2 N–H and O–H groups in total. The number of amides is 2. The van der Waals surface area contributed by atoms with Crippen LogP contribution in [0.4, 0.5) is 0 Å². The van der Waals surface area contributed by atoms with Crippen LogP contribution in [0.15, 0.2) is 18.2 Å². The molecule has 0 aliphatic rings. The van der Waals surface area contributed by atoms with E-state index in [1.165, 1.54) is 0 Å². The highest BCUT2D eigenvalue weighted by Gasteiger charge is 2.16. The molecule has 0 aliphatic heterocycles. The predicted molar refractivity (Wildman–Crippen MR) is 93.3 cm³/mol. The first-order chi connectivity index (χ1) is 11.8. The molecule has 1 aromatic carbocycles. The Morgan fingerprint density at radius 2 is 1.84 bits per heavy atom. The highest BCUT2D eigenvalue weighted by Crippen LogP contribution is 2.16. The van der Waals surface area contributed by atoms with Crippen LogP contribution in [0.3, 0.4) is 0 Å². The predicted octanol–water partition coefficient (Wildman–Crippen LogP) is 1.26. The van der Waals surface area contributed by atoms with Crippen LogP contribution in [-0.4, -0.2) is 43.6 Å². The molecule has 0 aromatic heterocycles. The SMILES string of the molecule is CCCNC(=O)[C@H](C)NC(=O)COC(=O)COc1ccc(C)c(C)c1. The van der Waals surface area contributed by atoms with Crippen molar-refractivity contribution in [1.82, 2.24) is 10.6 Å². The van der Waals surface area contributed by atoms with Gasteiger partial charge in [-0.05, 0) is 50.5 Å². The molecule has 0 saturated heterocycles. The fraction of sp³-hybridized carbons (Fsp3) is 0.500. The van der Waals surface area contributed by atoms with Gasteiger partial charge in [-0.15, -0.1) is 0 Å². The zero-order chi connectivity index (χ0) is 18.8. The molecule has 1 rings (SSSR count). The van der Waals surface area contributed by atoms with Crippen molar-refractivity contribution in [1.29, 1.82) is 0 Å². The molecule has 0 saturated carbocycles. The minimum Gasteiger partial charge on any atom is -0.482 e. The summed E-state index contributed by atoms with van der Waals surface area (Å²) in [6.45, 7) is 7.22. The van der Waals surface area contributed by atoms with Gasteiger partial charge in [-0.25, -0.2) is 4.79 Å². The number of rotatable bonds is 9. The molecule has 1 atom stereocenters. The van der Waals surface area contributed by atoms with E-state index in [1.807, 2.05) is 32.9 Å². The van der Waals surface area contributed by atoms with Crippen molar-refractivity contribution in [2.24, 2.45) is 0 Å². The van der Waals surface area contributed by atoms with E-state index < -0.39 is 24.5 Å². The molecule has 7 nitrogen and oxygen atoms in total. The van der Waals surface area contributed by atoms with Gasteiger partial charge in [0, 0.05) is 6.54 Å². The second-order valence-electron chi connectivity index (χ2n) is 5.78. The van der Waals surface area contributed by atoms with Crippen molar-refractivity contribution in [3.8, 4) is 5.75 Å². The smallest absolute Gasteiger partial charge is 0.344 e. The van der Waals surface area contributed by atoms with Crippen LogP contribution >= 0.6 is 0 Å². The quantitative estimate of drug-likeness (QED) is 0.654. The summed E-state index contributed by atoms with van der Waals surface area (Å²) < 4.78 is 10.2. The number of nitrogens with one attached hydrogen (secondary N) is 2. The Morgan fingerprint density at radius 1 is 1.12 bits per heavy atom. The Kier molecular flexibility index (Phi) is 8.46. The second-order valence-corrected chi connectivity index (χ2v) is 5.78. The zero-order valence-electron chi connectivity index (χ0n) is 15.2. The molecule has 0 bridgehead atoms. The van der Waals surface area contributed by atoms with Gasteiger partial charge in [0.2, 0.25) is 5.91 Å². The van der Waals surface area contributed by atoms with E-state index in [1.54, 1.807) is 13.0 Å². The van der Waals surface area contributed by atoms with Crippen LogP contribution in [0.25, 0.3) is 0 Å². The maximum absolute atomic E-state index is 11.7. The molecule has 0 radical (unpaired) electrons. The van der Waals surface area contributed by atoms with Crippen molar-refractivity contribution < 1.29 is 23.9 Å². The topological polar surface area (TPSA) is 93.7 Å². The van der Waals surface area contributed by atoms with Crippen LogP contribution in [-0.2, 0) is 19.1 Å². The summed E-state index contributed by atoms with van der Waals surface area (Å²) in [7, 11) is 0. The summed E-state index contributed by atoms with van der Waals surface area (Å²) >= 11 is 0. The van der Waals surface area contributed by atoms with Crippen molar-refractivity contribution >= 4 is 17.8 Å². The molecule has 1 aromatic rings. The van der Waals surface area contributed by atoms with Gasteiger partial charge >= 0.3 is 5.97 Å². The largest absolute Gasteiger partial charge is 0.482 e. The van der Waals surface area contributed by atoms with Gasteiger partial charge in [-0.2, -0.15) is 0 Å². The van der Waals surface area contributed by atoms with E-state index in [0.717, 1.165) is 17.5 Å². The van der Waals surface area contributed by atoms with E-state index in [2.05, 4.69) is 10.6 Å². The lowest BCUT2D eigenvalue weighted by Crippen LogP contribution is -2.46. The number of ether oxygens (including phenoxy) is 2. The standard InChI is InChI=1S/C18H26N2O5/c1-5-8-19-18(23)14(4)20-16(21)10-25-17(22)11-24-15-7-6-12(2)13(3)9-15/h6-7,9,14H,5,8,10-11H2,1-4H3,(H,19,23)(H,20,21)/t14-/m0/s1. The van der Waals surface area contributed by atoms with E-state index in [-0.39, 0.29) is 12.5 Å². The molecule has 25 heavy (non-hydrogen) atoms. The Balaban J connectivity index is 2.29. The lowest BCUT2D eigenvalue weighted by atomic mass is 10.1. The van der Waals surface area contributed by atoms with Crippen molar-refractivity contribution in [3.63, 3.8) is 0 Å². The van der Waals surface area contributed by atoms with E-state index in [4.69, 9.17) is 9.47 Å². The summed E-state index contributed by atoms with van der Waals surface area (Å²) in [6.07, 6.45) is 0.810. The maximum atomic E-state index is 11.7. The first-order valence-corrected chi connectivity index (χ1v) is 8.26. The van der Waals surface area contributed by atoms with E-state index >= 15 is 0 Å². The highest BCUT2D eigenvalue weighted by molar-refractivity contribution is 5.88. The summed E-state index contributed by atoms with van der Waals surface area (Å²) in [4.78, 5) is 34.9. The molecule has 0 spiro atoms. The lowest BCUT2D eigenvalue weighted by Gasteiger charge is -2.14. The first-order valence-electron chi connectivity index (χ1n) is 8.26. The second kappa shape index (κ2) is 10.3. The van der Waals surface area contributed by atoms with Gasteiger partial charge in [0.1, 0.15) is 11.8 Å². The molecule has 0 unspecified atom stereocenters. The Labute approximate surface area is 148 Å². The molecule has 0 fully saturated rings.